The van der Waals surface area contributed by atoms with E-state index < -0.39 is 27.7 Å². The van der Waals surface area contributed by atoms with Crippen LogP contribution in [-0.4, -0.2) is 81.8 Å². The summed E-state index contributed by atoms with van der Waals surface area (Å²) < 4.78 is 31.9. The Kier molecular flexibility index (Phi) is 7.47. The third-order valence-electron chi connectivity index (χ3n) is 6.34. The zero-order chi connectivity index (χ0) is 27.8. The van der Waals surface area contributed by atoms with Gasteiger partial charge in [0.25, 0.3) is 11.8 Å². The smallest absolute Gasteiger partial charge is 0.277 e. The van der Waals surface area contributed by atoms with Crippen molar-refractivity contribution in [3.05, 3.63) is 59.3 Å². The first-order valence-electron chi connectivity index (χ1n) is 12.0. The number of carbonyl (C=O) groups is 2. The van der Waals surface area contributed by atoms with E-state index in [0.29, 0.717) is 17.0 Å². The van der Waals surface area contributed by atoms with Gasteiger partial charge in [-0.1, -0.05) is 0 Å². The molecule has 0 fully saturated rings. The minimum Gasteiger partial charge on any atom is -0.497 e. The van der Waals surface area contributed by atoms with Crippen LogP contribution in [0.1, 0.15) is 33.3 Å². The van der Waals surface area contributed by atoms with E-state index in [9.17, 15) is 23.1 Å². The molecule has 0 saturated heterocycles. The molecule has 4 rings (SSSR count). The Morgan fingerprint density at radius 2 is 1.89 bits per heavy atom. The minimum absolute atomic E-state index is 0.0720. The summed E-state index contributed by atoms with van der Waals surface area (Å²) >= 11 is 0. The highest BCUT2D eigenvalue weighted by atomic mass is 32.2. The molecule has 11 nitrogen and oxygen atoms in total. The van der Waals surface area contributed by atoms with Crippen molar-refractivity contribution >= 4 is 33.0 Å². The molecule has 0 aliphatic carbocycles. The lowest BCUT2D eigenvalue weighted by Gasteiger charge is -2.28. The fourth-order valence-corrected chi connectivity index (χ4v) is 5.21. The van der Waals surface area contributed by atoms with Crippen molar-refractivity contribution in [2.45, 2.75) is 24.4 Å². The van der Waals surface area contributed by atoms with Gasteiger partial charge in [-0.3, -0.25) is 9.59 Å². The molecule has 0 spiro atoms. The molecule has 2 aromatic carbocycles. The van der Waals surface area contributed by atoms with Crippen molar-refractivity contribution < 1.29 is 27.9 Å². The maximum Gasteiger partial charge on any atom is 0.277 e. The lowest BCUT2D eigenvalue weighted by Crippen LogP contribution is -2.39. The Balaban J connectivity index is 1.89. The van der Waals surface area contributed by atoms with E-state index in [2.05, 4.69) is 10.4 Å². The molecule has 2 heterocycles. The quantitative estimate of drug-likeness (QED) is 0.440. The summed E-state index contributed by atoms with van der Waals surface area (Å²) in [5, 5.41) is 16.2. The predicted molar refractivity (Wildman–Crippen MR) is 143 cm³/mol. The molecule has 0 radical (unpaired) electrons. The number of amides is 2. The molecular weight excluding hydrogens is 510 g/mol. The van der Waals surface area contributed by atoms with Crippen molar-refractivity contribution in [1.29, 1.82) is 0 Å². The van der Waals surface area contributed by atoms with Gasteiger partial charge in [0, 0.05) is 49.9 Å². The maximum atomic E-state index is 13.9. The number of anilines is 2. The zero-order valence-corrected chi connectivity index (χ0v) is 22.7. The number of fused-ring (bicyclic) bond motifs is 1. The van der Waals surface area contributed by atoms with Gasteiger partial charge in [0.05, 0.1) is 25.0 Å². The fraction of sp³-hybridized carbons (Fsp3) is 0.346. The molecule has 0 bridgehead atoms. The fourth-order valence-electron chi connectivity index (χ4n) is 4.33. The van der Waals surface area contributed by atoms with Gasteiger partial charge in [0.15, 0.2) is 14.9 Å². The third-order valence-corrected chi connectivity index (χ3v) is 7.37. The van der Waals surface area contributed by atoms with Gasteiger partial charge in [-0.2, -0.15) is 5.10 Å². The van der Waals surface area contributed by atoms with Crippen molar-refractivity contribution in [1.82, 2.24) is 15.1 Å². The Labute approximate surface area is 221 Å². The predicted octanol–water partition coefficient (Wildman–Crippen LogP) is 1.66. The van der Waals surface area contributed by atoms with Gasteiger partial charge in [-0.05, 0) is 55.8 Å². The van der Waals surface area contributed by atoms with Crippen molar-refractivity contribution in [3.63, 3.8) is 0 Å². The molecule has 2 amide bonds. The van der Waals surface area contributed by atoms with Crippen LogP contribution >= 0.6 is 0 Å². The number of hydrogen-bond acceptors (Lipinski definition) is 8. The van der Waals surface area contributed by atoms with Gasteiger partial charge >= 0.3 is 0 Å². The number of sulfone groups is 1. The molecule has 3 aromatic rings. The Bertz CT molecular complexity index is 1480. The Morgan fingerprint density at radius 3 is 2.47 bits per heavy atom. The van der Waals surface area contributed by atoms with Crippen molar-refractivity contribution in [2.24, 2.45) is 0 Å². The van der Waals surface area contributed by atoms with Crippen molar-refractivity contribution in [2.75, 3.05) is 50.4 Å². The van der Waals surface area contributed by atoms with E-state index >= 15 is 0 Å². The normalized spacial score (nSPS) is 14.2. The van der Waals surface area contributed by atoms with E-state index in [0.717, 1.165) is 11.9 Å². The SMILES string of the molecule is COc1ccc(-n2nc(S(C)(=O)=O)c3c2C(=O)N(c2ccc(N(C)C)cc2)CC3)c(C(=O)NC(C)CO)c1. The van der Waals surface area contributed by atoms with Crippen LogP contribution in [0.2, 0.25) is 0 Å². The van der Waals surface area contributed by atoms with Crippen LogP contribution in [-0.2, 0) is 16.3 Å². The summed E-state index contributed by atoms with van der Waals surface area (Å²) in [6, 6.07) is 11.5. The molecule has 202 valence electrons. The third kappa shape index (κ3) is 5.09. The van der Waals surface area contributed by atoms with E-state index in [1.807, 2.05) is 43.3 Å². The van der Waals surface area contributed by atoms with E-state index in [1.165, 1.54) is 17.9 Å². The summed E-state index contributed by atoms with van der Waals surface area (Å²) in [6.45, 7) is 1.63. The second-order valence-electron chi connectivity index (χ2n) is 9.37. The van der Waals surface area contributed by atoms with E-state index in [4.69, 9.17) is 4.74 Å². The molecule has 1 aliphatic rings. The molecule has 0 saturated carbocycles. The lowest BCUT2D eigenvalue weighted by molar-refractivity contribution is 0.0919. The van der Waals surface area contributed by atoms with E-state index in [-0.39, 0.29) is 41.5 Å². The highest BCUT2D eigenvalue weighted by molar-refractivity contribution is 7.90. The molecule has 1 aromatic heterocycles. The summed E-state index contributed by atoms with van der Waals surface area (Å²) in [5.74, 6) is -0.587. The van der Waals surface area contributed by atoms with Crippen LogP contribution in [0, 0.1) is 0 Å². The van der Waals surface area contributed by atoms with Gasteiger partial charge in [-0.25, -0.2) is 13.1 Å². The minimum atomic E-state index is -3.79. The number of aromatic nitrogens is 2. The van der Waals surface area contributed by atoms with Crippen LogP contribution in [0.15, 0.2) is 47.5 Å². The van der Waals surface area contributed by atoms with Crippen LogP contribution in [0.25, 0.3) is 5.69 Å². The monoisotopic (exact) mass is 541 g/mol. The van der Waals surface area contributed by atoms with Gasteiger partial charge < -0.3 is 25.0 Å². The Morgan fingerprint density at radius 1 is 1.21 bits per heavy atom. The highest BCUT2D eigenvalue weighted by Gasteiger charge is 2.36. The number of nitrogens with zero attached hydrogens (tertiary/aromatic N) is 4. The second kappa shape index (κ2) is 10.5. The number of rotatable bonds is 8. The molecule has 1 atom stereocenters. The topological polar surface area (TPSA) is 134 Å². The average Bonchev–Trinajstić information content (AvgIpc) is 3.29. The van der Waals surface area contributed by atoms with Crippen LogP contribution < -0.4 is 19.9 Å². The highest BCUT2D eigenvalue weighted by Crippen LogP contribution is 2.33. The first kappa shape index (κ1) is 27.1. The number of benzene rings is 2. The summed E-state index contributed by atoms with van der Waals surface area (Å²) in [4.78, 5) is 30.6. The number of aliphatic hydroxyl groups excluding tert-OH is 1. The summed E-state index contributed by atoms with van der Waals surface area (Å²) in [6.07, 6.45) is 1.31. The van der Waals surface area contributed by atoms with Gasteiger partial charge in [0.2, 0.25) is 0 Å². The standard InChI is InChI=1S/C26H31N5O6S/c1-16(15-32)27-24(33)21-14-19(37-4)10-11-22(21)31-23-20(25(28-31)38(5,35)36)12-13-30(26(23)34)18-8-6-17(7-9-18)29(2)3/h6-11,14,16,32H,12-13,15H2,1-5H3,(H,27,33). The molecule has 1 unspecified atom stereocenters. The van der Waals surface area contributed by atoms with Crippen molar-refractivity contribution in [3.8, 4) is 11.4 Å². The first-order valence-corrected chi connectivity index (χ1v) is 13.9. The number of ether oxygens (including phenoxy) is 1. The number of nitrogens with one attached hydrogen (secondary N) is 1. The maximum absolute atomic E-state index is 13.9. The first-order chi connectivity index (χ1) is 18.0. The summed E-state index contributed by atoms with van der Waals surface area (Å²) in [7, 11) is 1.50. The van der Waals surface area contributed by atoms with E-state index in [1.54, 1.807) is 24.0 Å². The molecular formula is C26H31N5O6S. The van der Waals surface area contributed by atoms with Gasteiger partial charge in [0.1, 0.15) is 11.4 Å². The average molecular weight is 542 g/mol. The second-order valence-corrected chi connectivity index (χ2v) is 11.3. The van der Waals surface area contributed by atoms with Crippen LogP contribution in [0.5, 0.6) is 5.75 Å². The Hall–Kier alpha value is -3.90. The lowest BCUT2D eigenvalue weighted by atomic mass is 10.0. The molecule has 38 heavy (non-hydrogen) atoms. The van der Waals surface area contributed by atoms with Gasteiger partial charge in [-0.15, -0.1) is 0 Å². The number of carbonyl (C=O) groups excluding carboxylic acids is 2. The molecule has 2 N–H and O–H groups in total. The number of aliphatic hydroxyl groups is 1. The molecule has 1 aliphatic heterocycles. The number of methoxy groups -OCH3 is 1. The van der Waals surface area contributed by atoms with Crippen LogP contribution in [0.3, 0.4) is 0 Å². The summed E-state index contributed by atoms with van der Waals surface area (Å²) in [5.41, 5.74) is 2.32. The largest absolute Gasteiger partial charge is 0.497 e. The van der Waals surface area contributed by atoms with Crippen LogP contribution in [0.4, 0.5) is 11.4 Å². The molecule has 12 heteroatoms. The number of hydrogen-bond donors (Lipinski definition) is 2. The zero-order valence-electron chi connectivity index (χ0n) is 21.9.